The summed E-state index contributed by atoms with van der Waals surface area (Å²) in [6.45, 7) is 2.64. The molecule has 1 amide bonds. The van der Waals surface area contributed by atoms with E-state index in [1.165, 1.54) is 6.08 Å². The number of aryl methyl sites for hydroxylation is 1. The van der Waals surface area contributed by atoms with E-state index >= 15 is 0 Å². The highest BCUT2D eigenvalue weighted by Crippen LogP contribution is 2.21. The highest BCUT2D eigenvalue weighted by Gasteiger charge is 2.41. The average molecular weight is 289 g/mol. The predicted molar refractivity (Wildman–Crippen MR) is 78.8 cm³/mol. The summed E-state index contributed by atoms with van der Waals surface area (Å²) in [5, 5.41) is 12.0. The molecule has 0 unspecified atom stereocenters. The molecule has 1 aromatic rings. The van der Waals surface area contributed by atoms with Gasteiger partial charge in [-0.05, 0) is 24.1 Å². The molecule has 0 aromatic heterocycles. The molecule has 0 bridgehead atoms. The molecule has 0 spiro atoms. The van der Waals surface area contributed by atoms with Crippen LogP contribution in [0.4, 0.5) is 0 Å². The number of rotatable bonds is 4. The number of carbonyl (C=O) groups excluding carboxylic acids is 1. The number of amides is 1. The van der Waals surface area contributed by atoms with E-state index in [2.05, 4.69) is 5.32 Å². The van der Waals surface area contributed by atoms with Gasteiger partial charge in [-0.1, -0.05) is 24.3 Å². The lowest BCUT2D eigenvalue weighted by molar-refractivity contribution is -0.151. The molecule has 1 heterocycles. The Morgan fingerprint density at radius 2 is 1.95 bits per heavy atom. The predicted octanol–water partition coefficient (Wildman–Crippen LogP) is 1.76. The molecule has 2 rings (SSSR count). The van der Waals surface area contributed by atoms with Crippen LogP contribution in [0.3, 0.4) is 0 Å². The third-order valence-corrected chi connectivity index (χ3v) is 3.72. The van der Waals surface area contributed by atoms with Gasteiger partial charge in [0.15, 0.2) is 0 Å². The number of nitrogens with one attached hydrogen (secondary N) is 1. The number of ether oxygens (including phenoxy) is 1. The van der Waals surface area contributed by atoms with Crippen molar-refractivity contribution in [1.29, 1.82) is 0 Å². The Balaban J connectivity index is 2.06. The van der Waals surface area contributed by atoms with Gasteiger partial charge in [-0.15, -0.1) is 0 Å². The molecule has 0 aliphatic carbocycles. The van der Waals surface area contributed by atoms with Crippen LogP contribution in [0.2, 0.25) is 0 Å². The smallest absolute Gasteiger partial charge is 0.329 e. The quantitative estimate of drug-likeness (QED) is 0.828. The van der Waals surface area contributed by atoms with Crippen molar-refractivity contribution in [1.82, 2.24) is 5.32 Å². The first kappa shape index (κ1) is 15.3. The molecule has 1 aromatic carbocycles. The van der Waals surface area contributed by atoms with Crippen LogP contribution in [0.5, 0.6) is 0 Å². The summed E-state index contributed by atoms with van der Waals surface area (Å²) in [6, 6.07) is 7.67. The second-order valence-corrected chi connectivity index (χ2v) is 5.18. The fourth-order valence-electron chi connectivity index (χ4n) is 2.33. The summed E-state index contributed by atoms with van der Waals surface area (Å²) in [6.07, 6.45) is 3.64. The van der Waals surface area contributed by atoms with E-state index in [4.69, 9.17) is 4.74 Å². The number of hydrogen-bond acceptors (Lipinski definition) is 3. The highest BCUT2D eigenvalue weighted by atomic mass is 16.5. The number of aliphatic carboxylic acids is 1. The molecule has 112 valence electrons. The Kier molecular flexibility index (Phi) is 4.75. The van der Waals surface area contributed by atoms with Crippen molar-refractivity contribution in [2.45, 2.75) is 25.3 Å². The van der Waals surface area contributed by atoms with E-state index in [-0.39, 0.29) is 12.8 Å². The lowest BCUT2D eigenvalue weighted by atomic mass is 9.90. The third kappa shape index (κ3) is 3.70. The Hall–Kier alpha value is -2.14. The molecule has 0 saturated carbocycles. The lowest BCUT2D eigenvalue weighted by Crippen LogP contribution is -2.57. The Morgan fingerprint density at radius 1 is 1.29 bits per heavy atom. The van der Waals surface area contributed by atoms with Crippen LogP contribution in [0.25, 0.3) is 6.08 Å². The van der Waals surface area contributed by atoms with Crippen LogP contribution in [-0.4, -0.2) is 35.7 Å². The molecule has 0 radical (unpaired) electrons. The van der Waals surface area contributed by atoms with Gasteiger partial charge in [-0.2, -0.15) is 0 Å². The molecule has 2 N–H and O–H groups in total. The first-order valence-electron chi connectivity index (χ1n) is 6.90. The molecule has 5 heteroatoms. The van der Waals surface area contributed by atoms with Gasteiger partial charge in [0.2, 0.25) is 5.91 Å². The van der Waals surface area contributed by atoms with Gasteiger partial charge in [0.25, 0.3) is 0 Å². The van der Waals surface area contributed by atoms with E-state index < -0.39 is 17.4 Å². The van der Waals surface area contributed by atoms with E-state index in [9.17, 15) is 14.7 Å². The molecule has 5 nitrogen and oxygen atoms in total. The SMILES string of the molecule is Cc1ccccc1/C=C/C(=O)NC1(C(=O)O)CCOCC1. The number of carbonyl (C=O) groups is 2. The molecule has 0 atom stereocenters. The van der Waals surface area contributed by atoms with Gasteiger partial charge < -0.3 is 15.2 Å². The summed E-state index contributed by atoms with van der Waals surface area (Å²) in [4.78, 5) is 23.4. The zero-order valence-corrected chi connectivity index (χ0v) is 12.0. The van der Waals surface area contributed by atoms with Crippen molar-refractivity contribution in [2.24, 2.45) is 0 Å². The maximum atomic E-state index is 12.0. The molecule has 1 saturated heterocycles. The highest BCUT2D eigenvalue weighted by molar-refractivity contribution is 5.96. The standard InChI is InChI=1S/C16H19NO4/c1-12-4-2-3-5-13(12)6-7-14(18)17-16(15(19)20)8-10-21-11-9-16/h2-7H,8-11H2,1H3,(H,17,18)(H,19,20)/b7-6+. The van der Waals surface area contributed by atoms with E-state index in [1.54, 1.807) is 6.08 Å². The Labute approximate surface area is 123 Å². The second-order valence-electron chi connectivity index (χ2n) is 5.18. The first-order chi connectivity index (χ1) is 10.0. The van der Waals surface area contributed by atoms with Crippen LogP contribution < -0.4 is 5.32 Å². The van der Waals surface area contributed by atoms with E-state index in [0.717, 1.165) is 11.1 Å². The van der Waals surface area contributed by atoms with Gasteiger partial charge in [-0.3, -0.25) is 4.79 Å². The summed E-state index contributed by atoms with van der Waals surface area (Å²) in [7, 11) is 0. The second kappa shape index (κ2) is 6.54. The van der Waals surface area contributed by atoms with Gasteiger partial charge in [0.05, 0.1) is 0 Å². The first-order valence-corrected chi connectivity index (χ1v) is 6.90. The van der Waals surface area contributed by atoms with Crippen LogP contribution >= 0.6 is 0 Å². The molecule has 1 aliphatic heterocycles. The van der Waals surface area contributed by atoms with Gasteiger partial charge in [-0.25, -0.2) is 4.79 Å². The summed E-state index contributed by atoms with van der Waals surface area (Å²) >= 11 is 0. The zero-order chi connectivity index (χ0) is 15.3. The van der Waals surface area contributed by atoms with E-state index in [1.807, 2.05) is 31.2 Å². The minimum absolute atomic E-state index is 0.284. The Morgan fingerprint density at radius 3 is 2.57 bits per heavy atom. The third-order valence-electron chi connectivity index (χ3n) is 3.72. The van der Waals surface area contributed by atoms with Crippen molar-refractivity contribution in [3.63, 3.8) is 0 Å². The topological polar surface area (TPSA) is 75.6 Å². The molecule has 21 heavy (non-hydrogen) atoms. The van der Waals surface area contributed by atoms with Gasteiger partial charge in [0.1, 0.15) is 5.54 Å². The van der Waals surface area contributed by atoms with Gasteiger partial charge in [0, 0.05) is 32.1 Å². The molecular weight excluding hydrogens is 270 g/mol. The van der Waals surface area contributed by atoms with E-state index in [0.29, 0.717) is 13.2 Å². The van der Waals surface area contributed by atoms with Crippen LogP contribution in [-0.2, 0) is 14.3 Å². The number of benzene rings is 1. The summed E-state index contributed by atoms with van der Waals surface area (Å²) in [5.74, 6) is -1.41. The van der Waals surface area contributed by atoms with Crippen LogP contribution in [0.15, 0.2) is 30.3 Å². The minimum Gasteiger partial charge on any atom is -0.480 e. The van der Waals surface area contributed by atoms with Crippen LogP contribution in [0.1, 0.15) is 24.0 Å². The summed E-state index contributed by atoms with van der Waals surface area (Å²) < 4.78 is 5.17. The van der Waals surface area contributed by atoms with Crippen molar-refractivity contribution in [2.75, 3.05) is 13.2 Å². The fraction of sp³-hybridized carbons (Fsp3) is 0.375. The largest absolute Gasteiger partial charge is 0.480 e. The normalized spacial score (nSPS) is 17.6. The lowest BCUT2D eigenvalue weighted by Gasteiger charge is -2.33. The number of carboxylic acid groups (broad SMARTS) is 1. The monoisotopic (exact) mass is 289 g/mol. The van der Waals surface area contributed by atoms with Crippen molar-refractivity contribution in [3.05, 3.63) is 41.5 Å². The molecule has 1 aliphatic rings. The van der Waals surface area contributed by atoms with Gasteiger partial charge >= 0.3 is 5.97 Å². The maximum absolute atomic E-state index is 12.0. The minimum atomic E-state index is -1.22. The Bertz CT molecular complexity index is 559. The van der Waals surface area contributed by atoms with Crippen molar-refractivity contribution in [3.8, 4) is 0 Å². The summed E-state index contributed by atoms with van der Waals surface area (Å²) in [5.41, 5.74) is 0.773. The fourth-order valence-corrected chi connectivity index (χ4v) is 2.33. The number of carboxylic acids is 1. The molecule has 1 fully saturated rings. The van der Waals surface area contributed by atoms with Crippen molar-refractivity contribution < 1.29 is 19.4 Å². The maximum Gasteiger partial charge on any atom is 0.329 e. The average Bonchev–Trinajstić information content (AvgIpc) is 2.47. The molecular formula is C16H19NO4. The van der Waals surface area contributed by atoms with Crippen molar-refractivity contribution >= 4 is 18.0 Å². The number of hydrogen-bond donors (Lipinski definition) is 2. The van der Waals surface area contributed by atoms with Crippen LogP contribution in [0, 0.1) is 6.92 Å². The zero-order valence-electron chi connectivity index (χ0n) is 12.0.